The summed E-state index contributed by atoms with van der Waals surface area (Å²) in [5.41, 5.74) is 0.852. The molecule has 0 fully saturated rings. The van der Waals surface area contributed by atoms with Crippen LogP contribution in [0.15, 0.2) is 58.2 Å². The lowest BCUT2D eigenvalue weighted by atomic mass is 10.1. The lowest BCUT2D eigenvalue weighted by molar-refractivity contribution is -0.384. The number of benzene rings is 2. The molecule has 2 aromatic carbocycles. The van der Waals surface area contributed by atoms with Crippen molar-refractivity contribution in [1.29, 1.82) is 0 Å². The number of hydrogen-bond donors (Lipinski definition) is 0. The molecule has 0 spiro atoms. The second-order valence-corrected chi connectivity index (χ2v) is 6.99. The molecule has 0 saturated carbocycles. The fourth-order valence-electron chi connectivity index (χ4n) is 2.16. The summed E-state index contributed by atoms with van der Waals surface area (Å²) in [6.45, 7) is 2.01. The summed E-state index contributed by atoms with van der Waals surface area (Å²) >= 11 is 7.34. The minimum atomic E-state index is -0.419. The molecule has 26 heavy (non-hydrogen) atoms. The number of non-ortho nitro benzene ring substituents is 1. The molecule has 0 aliphatic heterocycles. The lowest BCUT2D eigenvalue weighted by Crippen LogP contribution is -1.96. The van der Waals surface area contributed by atoms with Crippen molar-refractivity contribution in [2.45, 2.75) is 24.0 Å². The van der Waals surface area contributed by atoms with Crippen LogP contribution in [0.4, 0.5) is 5.69 Å². The third-order valence-electron chi connectivity index (χ3n) is 3.46. The second kappa shape index (κ2) is 8.20. The smallest absolute Gasteiger partial charge is 0.277 e. The molecule has 3 aromatic rings. The van der Waals surface area contributed by atoms with Crippen LogP contribution in [0.5, 0.6) is 5.75 Å². The quantitative estimate of drug-likeness (QED) is 0.315. The van der Waals surface area contributed by atoms with Gasteiger partial charge in [0.05, 0.1) is 9.95 Å². The Kier molecular flexibility index (Phi) is 5.75. The van der Waals surface area contributed by atoms with Crippen molar-refractivity contribution in [3.05, 3.63) is 75.1 Å². The zero-order valence-electron chi connectivity index (χ0n) is 13.7. The summed E-state index contributed by atoms with van der Waals surface area (Å²) < 4.78 is 11.1. The Labute approximate surface area is 158 Å². The van der Waals surface area contributed by atoms with Gasteiger partial charge < -0.3 is 9.15 Å². The Bertz CT molecular complexity index is 918. The Morgan fingerprint density at radius 2 is 2.08 bits per heavy atom. The Morgan fingerprint density at radius 1 is 1.27 bits per heavy atom. The van der Waals surface area contributed by atoms with Crippen LogP contribution in [0.2, 0.25) is 5.02 Å². The average molecular weight is 392 g/mol. The van der Waals surface area contributed by atoms with Gasteiger partial charge >= 0.3 is 0 Å². The van der Waals surface area contributed by atoms with Gasteiger partial charge in [-0.1, -0.05) is 47.6 Å². The summed E-state index contributed by atoms with van der Waals surface area (Å²) in [7, 11) is 0. The van der Waals surface area contributed by atoms with Crippen molar-refractivity contribution >= 4 is 29.1 Å². The summed E-state index contributed by atoms with van der Waals surface area (Å²) in [5.74, 6) is 0.852. The number of thioether (sulfide) groups is 1. The largest absolute Gasteiger partial charge is 0.482 e. The van der Waals surface area contributed by atoms with E-state index >= 15 is 0 Å². The number of nitro groups is 1. The van der Waals surface area contributed by atoms with Gasteiger partial charge in [-0.15, -0.1) is 10.2 Å². The molecule has 0 amide bonds. The van der Waals surface area contributed by atoms with Gasteiger partial charge in [-0.05, 0) is 24.6 Å². The molecule has 1 atom stereocenters. The van der Waals surface area contributed by atoms with Crippen LogP contribution in [0.1, 0.15) is 23.6 Å². The zero-order chi connectivity index (χ0) is 18.5. The molecule has 0 radical (unpaired) electrons. The third kappa shape index (κ3) is 4.53. The predicted octanol–water partition coefficient (Wildman–Crippen LogP) is 5.06. The number of nitro benzene ring substituents is 1. The molecule has 0 bridgehead atoms. The number of nitrogens with zero attached hydrogens (tertiary/aromatic N) is 3. The van der Waals surface area contributed by atoms with E-state index in [1.54, 1.807) is 18.2 Å². The minimum absolute atomic E-state index is 0.0503. The van der Waals surface area contributed by atoms with Crippen LogP contribution in [0.3, 0.4) is 0 Å². The molecule has 0 aliphatic carbocycles. The lowest BCUT2D eigenvalue weighted by Gasteiger charge is -2.08. The number of rotatable bonds is 7. The van der Waals surface area contributed by atoms with Crippen LogP contribution in [-0.4, -0.2) is 15.1 Å². The average Bonchev–Trinajstić information content (AvgIpc) is 3.08. The van der Waals surface area contributed by atoms with Gasteiger partial charge in [0.2, 0.25) is 0 Å². The molecule has 9 heteroatoms. The maximum Gasteiger partial charge on any atom is 0.277 e. The van der Waals surface area contributed by atoms with Gasteiger partial charge in [-0.3, -0.25) is 10.1 Å². The van der Waals surface area contributed by atoms with Crippen LogP contribution in [0, 0.1) is 10.1 Å². The van der Waals surface area contributed by atoms with Gasteiger partial charge in [0.15, 0.2) is 6.61 Å². The maximum absolute atomic E-state index is 10.9. The Morgan fingerprint density at radius 3 is 2.85 bits per heavy atom. The predicted molar refractivity (Wildman–Crippen MR) is 97.5 cm³/mol. The topological polar surface area (TPSA) is 91.3 Å². The van der Waals surface area contributed by atoms with Gasteiger partial charge in [-0.2, -0.15) is 0 Å². The molecule has 7 nitrogen and oxygen atoms in total. The van der Waals surface area contributed by atoms with Crippen molar-refractivity contribution < 1.29 is 14.1 Å². The van der Waals surface area contributed by atoms with Crippen molar-refractivity contribution in [2.24, 2.45) is 0 Å². The maximum atomic E-state index is 10.9. The molecule has 0 unspecified atom stereocenters. The molecule has 0 N–H and O–H groups in total. The Balaban J connectivity index is 1.62. The highest BCUT2D eigenvalue weighted by Crippen LogP contribution is 2.35. The first kappa shape index (κ1) is 18.2. The summed E-state index contributed by atoms with van der Waals surface area (Å²) in [4.78, 5) is 10.5. The number of ether oxygens (including phenoxy) is 1. The van der Waals surface area contributed by atoms with E-state index in [1.165, 1.54) is 23.9 Å². The van der Waals surface area contributed by atoms with Gasteiger partial charge in [0.25, 0.3) is 16.8 Å². The highest BCUT2D eigenvalue weighted by molar-refractivity contribution is 7.99. The minimum Gasteiger partial charge on any atom is -0.482 e. The second-order valence-electron chi connectivity index (χ2n) is 5.29. The van der Waals surface area contributed by atoms with Crippen molar-refractivity contribution in [2.75, 3.05) is 0 Å². The van der Waals surface area contributed by atoms with E-state index in [1.807, 2.05) is 25.1 Å². The number of halogens is 1. The van der Waals surface area contributed by atoms with Crippen molar-refractivity contribution in [3.63, 3.8) is 0 Å². The summed E-state index contributed by atoms with van der Waals surface area (Å²) in [6, 6.07) is 13.6. The van der Waals surface area contributed by atoms with Crippen LogP contribution in [0.25, 0.3) is 0 Å². The highest BCUT2D eigenvalue weighted by Gasteiger charge is 2.16. The highest BCUT2D eigenvalue weighted by atomic mass is 35.5. The van der Waals surface area contributed by atoms with Crippen LogP contribution >= 0.6 is 23.4 Å². The van der Waals surface area contributed by atoms with Gasteiger partial charge in [-0.25, -0.2) is 0 Å². The normalized spacial score (nSPS) is 11.9. The fraction of sp³-hybridized carbons (Fsp3) is 0.176. The molecule has 134 valence electrons. The number of aromatic nitrogens is 2. The molecular weight excluding hydrogens is 378 g/mol. The monoisotopic (exact) mass is 391 g/mol. The van der Waals surface area contributed by atoms with Crippen molar-refractivity contribution in [3.8, 4) is 5.75 Å². The van der Waals surface area contributed by atoms with E-state index in [-0.39, 0.29) is 17.5 Å². The molecule has 3 rings (SSSR count). The molecule has 0 aliphatic rings. The van der Waals surface area contributed by atoms with Gasteiger partial charge in [0, 0.05) is 17.4 Å². The van der Waals surface area contributed by atoms with E-state index in [2.05, 4.69) is 10.2 Å². The first-order valence-corrected chi connectivity index (χ1v) is 8.89. The van der Waals surface area contributed by atoms with Crippen LogP contribution < -0.4 is 4.74 Å². The van der Waals surface area contributed by atoms with Crippen LogP contribution in [-0.2, 0) is 6.61 Å². The fourth-order valence-corrected chi connectivity index (χ4v) is 3.16. The third-order valence-corrected chi connectivity index (χ3v) is 4.77. The first-order valence-electron chi connectivity index (χ1n) is 7.63. The number of hydrogen-bond acceptors (Lipinski definition) is 7. The van der Waals surface area contributed by atoms with Gasteiger partial charge in [0.1, 0.15) is 5.75 Å². The van der Waals surface area contributed by atoms with E-state index in [0.29, 0.717) is 21.9 Å². The molecular formula is C17H14ClN3O4S. The van der Waals surface area contributed by atoms with E-state index in [0.717, 1.165) is 5.56 Å². The number of para-hydroxylation sites is 1. The van der Waals surface area contributed by atoms with E-state index in [4.69, 9.17) is 20.8 Å². The molecule has 0 saturated heterocycles. The standard InChI is InChI=1S/C17H14ClN3O4S/c1-11(12-5-4-6-13(9-12)21(22)23)26-17-20-19-16(25-17)10-24-15-8-3-2-7-14(15)18/h2-9,11H,10H2,1H3/t11-/m1/s1. The SMILES string of the molecule is C[C@@H](Sc1nnc(COc2ccccc2Cl)o1)c1cccc([N+](=O)[O-])c1. The summed E-state index contributed by atoms with van der Waals surface area (Å²) in [5, 5.41) is 19.6. The first-order chi connectivity index (χ1) is 12.5. The Hall–Kier alpha value is -2.58. The summed E-state index contributed by atoms with van der Waals surface area (Å²) in [6.07, 6.45) is 0. The van der Waals surface area contributed by atoms with E-state index in [9.17, 15) is 10.1 Å². The zero-order valence-corrected chi connectivity index (χ0v) is 15.2. The molecule has 1 aromatic heterocycles. The van der Waals surface area contributed by atoms with Crippen molar-refractivity contribution in [1.82, 2.24) is 10.2 Å². The van der Waals surface area contributed by atoms with E-state index < -0.39 is 4.92 Å². The molecule has 1 heterocycles.